The third-order valence-electron chi connectivity index (χ3n) is 1.13. The van der Waals surface area contributed by atoms with Gasteiger partial charge in [0.05, 0.1) is 25.2 Å². The fourth-order valence-electron chi connectivity index (χ4n) is 0.730. The van der Waals surface area contributed by atoms with Gasteiger partial charge in [0, 0.05) is 0 Å². The lowest BCUT2D eigenvalue weighted by Crippen LogP contribution is -2.25. The summed E-state index contributed by atoms with van der Waals surface area (Å²) in [7, 11) is 0. The molecule has 54 valence electrons. The maximum atomic E-state index is 8.29. The molecule has 0 aliphatic heterocycles. The highest BCUT2D eigenvalue weighted by Gasteiger charge is 1.99. The van der Waals surface area contributed by atoms with Crippen LogP contribution in [0.4, 0.5) is 0 Å². The van der Waals surface area contributed by atoms with Crippen molar-refractivity contribution in [2.45, 2.75) is 13.3 Å². The molecule has 0 aromatic rings. The molecule has 0 radical (unpaired) electrons. The zero-order valence-corrected chi connectivity index (χ0v) is 6.17. The molecule has 0 aromatic carbocycles. The minimum atomic E-state index is 0.363. The van der Waals surface area contributed by atoms with Crippen LogP contribution in [-0.4, -0.2) is 24.5 Å². The fraction of sp³-hybridized carbons (Fsp3) is 0.714. The summed E-state index contributed by atoms with van der Waals surface area (Å²) in [5, 5.41) is 16.6. The van der Waals surface area contributed by atoms with E-state index in [4.69, 9.17) is 10.5 Å². The summed E-state index contributed by atoms with van der Waals surface area (Å²) in [6.07, 6.45) is 0.989. The Kier molecular flexibility index (Phi) is 5.42. The molecule has 0 fully saturated rings. The summed E-state index contributed by atoms with van der Waals surface area (Å²) in [6, 6.07) is 4.02. The molecule has 0 rings (SSSR count). The topological polar surface area (TPSA) is 50.8 Å². The van der Waals surface area contributed by atoms with Crippen LogP contribution in [0.25, 0.3) is 0 Å². The Hall–Kier alpha value is -1.06. The van der Waals surface area contributed by atoms with E-state index in [9.17, 15) is 0 Å². The molecule has 0 aliphatic rings. The van der Waals surface area contributed by atoms with Crippen molar-refractivity contribution in [3.05, 3.63) is 0 Å². The van der Waals surface area contributed by atoms with Crippen molar-refractivity contribution >= 4 is 0 Å². The van der Waals surface area contributed by atoms with E-state index in [0.29, 0.717) is 13.1 Å². The number of nitrogens with zero attached hydrogens (tertiary/aromatic N) is 3. The highest BCUT2D eigenvalue weighted by molar-refractivity contribution is 4.83. The van der Waals surface area contributed by atoms with Gasteiger partial charge in [0.15, 0.2) is 0 Å². The van der Waals surface area contributed by atoms with Crippen LogP contribution in [0.5, 0.6) is 0 Å². The highest BCUT2D eigenvalue weighted by atomic mass is 15.1. The van der Waals surface area contributed by atoms with E-state index in [1.54, 1.807) is 0 Å². The van der Waals surface area contributed by atoms with Crippen LogP contribution in [-0.2, 0) is 0 Å². The highest BCUT2D eigenvalue weighted by Crippen LogP contribution is 1.87. The Bertz CT molecular complexity index is 135. The molecule has 3 heteroatoms. The molecule has 3 nitrogen and oxygen atoms in total. The summed E-state index contributed by atoms with van der Waals surface area (Å²) in [6.45, 7) is 3.59. The molecule has 10 heavy (non-hydrogen) atoms. The summed E-state index contributed by atoms with van der Waals surface area (Å²) < 4.78 is 0. The van der Waals surface area contributed by atoms with Crippen LogP contribution >= 0.6 is 0 Å². The summed E-state index contributed by atoms with van der Waals surface area (Å²) >= 11 is 0. The average Bonchev–Trinajstić information content (AvgIpc) is 1.90. The van der Waals surface area contributed by atoms with Crippen LogP contribution in [0.2, 0.25) is 0 Å². The molecule has 0 N–H and O–H groups in total. The molecule has 0 bridgehead atoms. The standard InChI is InChI=1S/C7H11N3/c1-2-5-10(6-3-8)7-4-9/h2,5-7H2,1H3. The van der Waals surface area contributed by atoms with E-state index in [-0.39, 0.29) is 0 Å². The quantitative estimate of drug-likeness (QED) is 0.537. The molecule has 0 amide bonds. The van der Waals surface area contributed by atoms with Crippen LogP contribution in [0.15, 0.2) is 0 Å². The van der Waals surface area contributed by atoms with Gasteiger partial charge in [-0.2, -0.15) is 10.5 Å². The second-order valence-electron chi connectivity index (χ2n) is 2.03. The minimum absolute atomic E-state index is 0.363. The number of rotatable bonds is 4. The Morgan fingerprint density at radius 2 is 1.70 bits per heavy atom. The first-order chi connectivity index (χ1) is 4.85. The molecule has 0 saturated carbocycles. The van der Waals surface area contributed by atoms with Crippen molar-refractivity contribution in [2.75, 3.05) is 19.6 Å². The van der Waals surface area contributed by atoms with Gasteiger partial charge in [-0.15, -0.1) is 0 Å². The van der Waals surface area contributed by atoms with Crippen LogP contribution in [0.3, 0.4) is 0 Å². The molecule has 0 aromatic heterocycles. The van der Waals surface area contributed by atoms with Gasteiger partial charge < -0.3 is 0 Å². The SMILES string of the molecule is CCCN(CC#N)CC#N. The molecule has 0 atom stereocenters. The van der Waals surface area contributed by atoms with E-state index in [0.717, 1.165) is 13.0 Å². The van der Waals surface area contributed by atoms with Gasteiger partial charge in [0.2, 0.25) is 0 Å². The van der Waals surface area contributed by atoms with E-state index < -0.39 is 0 Å². The third-order valence-corrected chi connectivity index (χ3v) is 1.13. The van der Waals surface area contributed by atoms with E-state index in [1.165, 1.54) is 0 Å². The summed E-state index contributed by atoms with van der Waals surface area (Å²) in [5.74, 6) is 0. The van der Waals surface area contributed by atoms with Gasteiger partial charge in [-0.3, -0.25) is 4.90 Å². The van der Waals surface area contributed by atoms with Crippen molar-refractivity contribution in [3.63, 3.8) is 0 Å². The molecular weight excluding hydrogens is 126 g/mol. The van der Waals surface area contributed by atoms with Gasteiger partial charge >= 0.3 is 0 Å². The van der Waals surface area contributed by atoms with Gasteiger partial charge in [-0.05, 0) is 13.0 Å². The molecule has 0 heterocycles. The van der Waals surface area contributed by atoms with Gasteiger partial charge in [0.25, 0.3) is 0 Å². The monoisotopic (exact) mass is 137 g/mol. The number of hydrogen-bond donors (Lipinski definition) is 0. The largest absolute Gasteiger partial charge is 0.277 e. The van der Waals surface area contributed by atoms with E-state index in [2.05, 4.69) is 0 Å². The van der Waals surface area contributed by atoms with Gasteiger partial charge in [-0.25, -0.2) is 0 Å². The fourth-order valence-corrected chi connectivity index (χ4v) is 0.730. The number of nitriles is 2. The first-order valence-corrected chi connectivity index (χ1v) is 3.31. The first kappa shape index (κ1) is 8.94. The molecule has 0 saturated heterocycles. The van der Waals surface area contributed by atoms with Crippen molar-refractivity contribution in [2.24, 2.45) is 0 Å². The smallest absolute Gasteiger partial charge is 0.0874 e. The molecular formula is C7H11N3. The second kappa shape index (κ2) is 6.07. The molecule has 0 unspecified atom stereocenters. The third kappa shape index (κ3) is 3.88. The predicted octanol–water partition coefficient (Wildman–Crippen LogP) is 0.746. The normalized spacial score (nSPS) is 8.80. The zero-order chi connectivity index (χ0) is 7.82. The predicted molar refractivity (Wildman–Crippen MR) is 38.0 cm³/mol. The minimum Gasteiger partial charge on any atom is -0.277 e. The van der Waals surface area contributed by atoms with Gasteiger partial charge in [0.1, 0.15) is 0 Å². The lowest BCUT2D eigenvalue weighted by atomic mass is 10.4. The number of hydrogen-bond acceptors (Lipinski definition) is 3. The zero-order valence-electron chi connectivity index (χ0n) is 6.17. The maximum Gasteiger partial charge on any atom is 0.0874 e. The van der Waals surface area contributed by atoms with Crippen molar-refractivity contribution in [1.82, 2.24) is 4.90 Å². The van der Waals surface area contributed by atoms with E-state index >= 15 is 0 Å². The van der Waals surface area contributed by atoms with Crippen LogP contribution in [0, 0.1) is 22.7 Å². The lowest BCUT2D eigenvalue weighted by Gasteiger charge is -2.12. The Balaban J connectivity index is 3.54. The second-order valence-corrected chi connectivity index (χ2v) is 2.03. The molecule has 0 aliphatic carbocycles. The summed E-state index contributed by atoms with van der Waals surface area (Å²) in [4.78, 5) is 1.82. The maximum absolute atomic E-state index is 8.29. The Labute approximate surface area is 61.5 Å². The molecule has 0 spiro atoms. The average molecular weight is 137 g/mol. The Morgan fingerprint density at radius 1 is 1.20 bits per heavy atom. The Morgan fingerprint density at radius 3 is 2.00 bits per heavy atom. The van der Waals surface area contributed by atoms with Crippen molar-refractivity contribution < 1.29 is 0 Å². The first-order valence-electron chi connectivity index (χ1n) is 3.31. The van der Waals surface area contributed by atoms with Crippen molar-refractivity contribution in [3.8, 4) is 12.1 Å². The van der Waals surface area contributed by atoms with E-state index in [1.807, 2.05) is 24.0 Å². The summed E-state index contributed by atoms with van der Waals surface area (Å²) in [5.41, 5.74) is 0. The lowest BCUT2D eigenvalue weighted by molar-refractivity contribution is 0.343. The van der Waals surface area contributed by atoms with Crippen molar-refractivity contribution in [1.29, 1.82) is 10.5 Å². The van der Waals surface area contributed by atoms with Gasteiger partial charge in [-0.1, -0.05) is 6.92 Å². The van der Waals surface area contributed by atoms with Crippen LogP contribution in [0.1, 0.15) is 13.3 Å². The van der Waals surface area contributed by atoms with Crippen LogP contribution < -0.4 is 0 Å².